The van der Waals surface area contributed by atoms with Gasteiger partial charge in [0.05, 0.1) is 11.5 Å². The molecule has 0 atom stereocenters. The van der Waals surface area contributed by atoms with Crippen LogP contribution in [0.4, 0.5) is 5.69 Å². The van der Waals surface area contributed by atoms with E-state index in [1.54, 1.807) is 19.2 Å². The van der Waals surface area contributed by atoms with Gasteiger partial charge in [-0.1, -0.05) is 35.9 Å². The van der Waals surface area contributed by atoms with Gasteiger partial charge in [-0.3, -0.25) is 10.1 Å². The minimum Gasteiger partial charge on any atom is -0.385 e. The summed E-state index contributed by atoms with van der Waals surface area (Å²) in [6, 6.07) is 14.0. The molecular formula is C19H24ClIN4O3. The van der Waals surface area contributed by atoms with Gasteiger partial charge < -0.3 is 15.4 Å². The molecule has 2 aromatic rings. The van der Waals surface area contributed by atoms with Gasteiger partial charge in [-0.05, 0) is 29.7 Å². The van der Waals surface area contributed by atoms with Crippen molar-refractivity contribution in [2.45, 2.75) is 19.5 Å². The summed E-state index contributed by atoms with van der Waals surface area (Å²) < 4.78 is 5.06. The van der Waals surface area contributed by atoms with Crippen LogP contribution in [0.15, 0.2) is 53.5 Å². The first-order valence-corrected chi connectivity index (χ1v) is 8.95. The summed E-state index contributed by atoms with van der Waals surface area (Å²) in [7, 11) is 1.67. The van der Waals surface area contributed by atoms with E-state index in [9.17, 15) is 10.1 Å². The molecule has 0 spiro atoms. The maximum absolute atomic E-state index is 10.7. The molecule has 0 saturated heterocycles. The van der Waals surface area contributed by atoms with E-state index in [-0.39, 0.29) is 29.7 Å². The van der Waals surface area contributed by atoms with Crippen molar-refractivity contribution >= 4 is 47.2 Å². The number of hydrogen-bond acceptors (Lipinski definition) is 4. The number of benzene rings is 2. The highest BCUT2D eigenvalue weighted by Gasteiger charge is 2.05. The van der Waals surface area contributed by atoms with Gasteiger partial charge in [0, 0.05) is 44.0 Å². The first-order valence-electron chi connectivity index (χ1n) is 8.57. The quantitative estimate of drug-likeness (QED) is 0.130. The SMILES string of the molecule is COCCCNC(=NCc1ccc(Cl)cc1)NCc1ccc([N+](=O)[O-])cc1.I. The number of methoxy groups -OCH3 is 1. The maximum Gasteiger partial charge on any atom is 0.269 e. The third-order valence-electron chi connectivity index (χ3n) is 3.76. The van der Waals surface area contributed by atoms with E-state index in [4.69, 9.17) is 16.3 Å². The van der Waals surface area contributed by atoms with Gasteiger partial charge in [0.25, 0.3) is 5.69 Å². The molecule has 0 aromatic heterocycles. The zero-order chi connectivity index (χ0) is 19.5. The third-order valence-corrected chi connectivity index (χ3v) is 4.01. The number of nitrogens with one attached hydrogen (secondary N) is 2. The molecular weight excluding hydrogens is 495 g/mol. The summed E-state index contributed by atoms with van der Waals surface area (Å²) in [6.45, 7) is 2.41. The van der Waals surface area contributed by atoms with Crippen molar-refractivity contribution in [1.82, 2.24) is 10.6 Å². The summed E-state index contributed by atoms with van der Waals surface area (Å²) in [5.74, 6) is 0.666. The Hall–Kier alpha value is -1.91. The van der Waals surface area contributed by atoms with Crippen LogP contribution in [0.25, 0.3) is 0 Å². The summed E-state index contributed by atoms with van der Waals surface area (Å²) in [6.07, 6.45) is 0.857. The lowest BCUT2D eigenvalue weighted by Gasteiger charge is -2.13. The average molecular weight is 519 g/mol. The van der Waals surface area contributed by atoms with E-state index in [1.807, 2.05) is 24.3 Å². The fraction of sp³-hybridized carbons (Fsp3) is 0.316. The molecule has 7 nitrogen and oxygen atoms in total. The molecule has 2 aromatic carbocycles. The van der Waals surface area contributed by atoms with Crippen LogP contribution >= 0.6 is 35.6 Å². The van der Waals surface area contributed by atoms with E-state index in [0.717, 1.165) is 24.1 Å². The Kier molecular flexibility index (Phi) is 11.5. The number of rotatable bonds is 9. The summed E-state index contributed by atoms with van der Waals surface area (Å²) in [4.78, 5) is 14.9. The molecule has 0 aliphatic rings. The molecule has 2 N–H and O–H groups in total. The van der Waals surface area contributed by atoms with Crippen LogP contribution in [0.3, 0.4) is 0 Å². The topological polar surface area (TPSA) is 88.8 Å². The Bertz CT molecular complexity index is 755. The largest absolute Gasteiger partial charge is 0.385 e. The first kappa shape index (κ1) is 24.1. The highest BCUT2D eigenvalue weighted by Crippen LogP contribution is 2.12. The van der Waals surface area contributed by atoms with Crippen LogP contribution < -0.4 is 10.6 Å². The van der Waals surface area contributed by atoms with Crippen molar-refractivity contribution in [2.24, 2.45) is 4.99 Å². The predicted molar refractivity (Wildman–Crippen MR) is 122 cm³/mol. The third kappa shape index (κ3) is 8.85. The van der Waals surface area contributed by atoms with E-state index in [1.165, 1.54) is 12.1 Å². The zero-order valence-corrected chi connectivity index (χ0v) is 18.6. The van der Waals surface area contributed by atoms with Crippen LogP contribution in [0.5, 0.6) is 0 Å². The van der Waals surface area contributed by atoms with E-state index >= 15 is 0 Å². The smallest absolute Gasteiger partial charge is 0.269 e. The molecule has 0 unspecified atom stereocenters. The second-order valence-electron chi connectivity index (χ2n) is 5.84. The molecule has 28 heavy (non-hydrogen) atoms. The van der Waals surface area contributed by atoms with Crippen LogP contribution in [-0.2, 0) is 17.8 Å². The highest BCUT2D eigenvalue weighted by atomic mass is 127. The Morgan fingerprint density at radius 2 is 1.75 bits per heavy atom. The van der Waals surface area contributed by atoms with E-state index in [0.29, 0.717) is 30.7 Å². The van der Waals surface area contributed by atoms with Gasteiger partial charge in [0.2, 0.25) is 0 Å². The van der Waals surface area contributed by atoms with Crippen molar-refractivity contribution in [3.8, 4) is 0 Å². The fourth-order valence-corrected chi connectivity index (χ4v) is 2.41. The van der Waals surface area contributed by atoms with Gasteiger partial charge in [-0.25, -0.2) is 4.99 Å². The minimum atomic E-state index is -0.409. The second kappa shape index (κ2) is 13.3. The Balaban J connectivity index is 0.00000392. The zero-order valence-electron chi connectivity index (χ0n) is 15.6. The average Bonchev–Trinajstić information content (AvgIpc) is 2.68. The lowest BCUT2D eigenvalue weighted by atomic mass is 10.2. The number of nitro benzene ring substituents is 1. The lowest BCUT2D eigenvalue weighted by Crippen LogP contribution is -2.37. The van der Waals surface area contributed by atoms with Gasteiger partial charge in [0.15, 0.2) is 5.96 Å². The summed E-state index contributed by atoms with van der Waals surface area (Å²) in [5.41, 5.74) is 2.05. The number of halogens is 2. The molecule has 9 heteroatoms. The molecule has 2 rings (SSSR count). The number of nitrogens with zero attached hydrogens (tertiary/aromatic N) is 2. The molecule has 0 saturated carbocycles. The minimum absolute atomic E-state index is 0. The Labute approximate surface area is 186 Å². The summed E-state index contributed by atoms with van der Waals surface area (Å²) >= 11 is 5.91. The van der Waals surface area contributed by atoms with Gasteiger partial charge in [0.1, 0.15) is 0 Å². The van der Waals surface area contributed by atoms with Crippen molar-refractivity contribution < 1.29 is 9.66 Å². The van der Waals surface area contributed by atoms with Crippen LogP contribution in [0.2, 0.25) is 5.02 Å². The van der Waals surface area contributed by atoms with Gasteiger partial charge in [-0.15, -0.1) is 24.0 Å². The fourth-order valence-electron chi connectivity index (χ4n) is 2.28. The molecule has 0 bridgehead atoms. The molecule has 152 valence electrons. The molecule has 0 amide bonds. The summed E-state index contributed by atoms with van der Waals surface area (Å²) in [5, 5.41) is 17.9. The Morgan fingerprint density at radius 3 is 2.36 bits per heavy atom. The number of ether oxygens (including phenoxy) is 1. The van der Waals surface area contributed by atoms with Crippen molar-refractivity contribution in [1.29, 1.82) is 0 Å². The number of guanidine groups is 1. The second-order valence-corrected chi connectivity index (χ2v) is 6.28. The molecule has 0 radical (unpaired) electrons. The highest BCUT2D eigenvalue weighted by molar-refractivity contribution is 14.0. The van der Waals surface area contributed by atoms with Crippen molar-refractivity contribution in [3.63, 3.8) is 0 Å². The number of aliphatic imine (C=N–C) groups is 1. The monoisotopic (exact) mass is 518 g/mol. The van der Waals surface area contributed by atoms with Crippen LogP contribution in [-0.4, -0.2) is 31.1 Å². The van der Waals surface area contributed by atoms with E-state index < -0.39 is 4.92 Å². The van der Waals surface area contributed by atoms with Gasteiger partial charge >= 0.3 is 0 Å². The van der Waals surface area contributed by atoms with E-state index in [2.05, 4.69) is 15.6 Å². The normalized spacial score (nSPS) is 10.9. The van der Waals surface area contributed by atoms with Crippen LogP contribution in [0.1, 0.15) is 17.5 Å². The number of non-ortho nitro benzene ring substituents is 1. The molecule has 0 heterocycles. The maximum atomic E-state index is 10.7. The first-order chi connectivity index (χ1) is 13.1. The van der Waals surface area contributed by atoms with Crippen LogP contribution in [0, 0.1) is 10.1 Å². The number of nitro groups is 1. The molecule has 0 aliphatic carbocycles. The lowest BCUT2D eigenvalue weighted by molar-refractivity contribution is -0.384. The molecule has 0 fully saturated rings. The van der Waals surface area contributed by atoms with Crippen molar-refractivity contribution in [3.05, 3.63) is 74.8 Å². The standard InChI is InChI=1S/C19H23ClN4O3.HI/c1-27-12-2-11-21-19(22-13-15-3-7-17(20)8-4-15)23-14-16-5-9-18(10-6-16)24(25)26;/h3-10H,2,11-14H2,1H3,(H2,21,22,23);1H. The molecule has 0 aliphatic heterocycles. The predicted octanol–water partition coefficient (Wildman–Crippen LogP) is 4.14. The van der Waals surface area contributed by atoms with Gasteiger partial charge in [-0.2, -0.15) is 0 Å². The number of hydrogen-bond donors (Lipinski definition) is 2. The van der Waals surface area contributed by atoms with Crippen molar-refractivity contribution in [2.75, 3.05) is 20.3 Å². The Morgan fingerprint density at radius 1 is 1.11 bits per heavy atom.